The van der Waals surface area contributed by atoms with E-state index in [1.54, 1.807) is 25.1 Å². The lowest BCUT2D eigenvalue weighted by atomic mass is 10.0. The molecule has 0 aliphatic carbocycles. The maximum atomic E-state index is 12.5. The number of benzene rings is 2. The van der Waals surface area contributed by atoms with Crippen molar-refractivity contribution in [3.8, 4) is 5.75 Å². The average Bonchev–Trinajstić information content (AvgIpc) is 3.35. The second kappa shape index (κ2) is 9.26. The van der Waals surface area contributed by atoms with Gasteiger partial charge in [0.25, 0.3) is 0 Å². The predicted molar refractivity (Wildman–Crippen MR) is 121 cm³/mol. The van der Waals surface area contributed by atoms with E-state index in [9.17, 15) is 14.4 Å². The molecule has 1 saturated heterocycles. The van der Waals surface area contributed by atoms with Crippen molar-refractivity contribution in [1.82, 2.24) is 0 Å². The molecule has 1 aromatic heterocycles. The Morgan fingerprint density at radius 3 is 2.47 bits per heavy atom. The molecule has 0 N–H and O–H groups in total. The van der Waals surface area contributed by atoms with Crippen molar-refractivity contribution in [3.63, 3.8) is 0 Å². The number of aryl methyl sites for hydroxylation is 1. The van der Waals surface area contributed by atoms with E-state index in [0.29, 0.717) is 27.8 Å². The van der Waals surface area contributed by atoms with Crippen LogP contribution in [0.2, 0.25) is 0 Å². The van der Waals surface area contributed by atoms with Gasteiger partial charge in [-0.25, -0.2) is 4.79 Å². The van der Waals surface area contributed by atoms with Crippen LogP contribution in [0.1, 0.15) is 34.3 Å². The van der Waals surface area contributed by atoms with Gasteiger partial charge in [-0.3, -0.25) is 9.59 Å². The number of esters is 1. The van der Waals surface area contributed by atoms with Crippen LogP contribution in [0, 0.1) is 6.92 Å². The van der Waals surface area contributed by atoms with E-state index in [-0.39, 0.29) is 24.4 Å². The molecule has 7 nitrogen and oxygen atoms in total. The normalized spacial score (nSPS) is 13.4. The summed E-state index contributed by atoms with van der Waals surface area (Å²) in [6.45, 7) is 3.74. The minimum Gasteiger partial charge on any atom is -0.485 e. The second-order valence-electron chi connectivity index (χ2n) is 7.86. The number of hydrogen-bond acceptors (Lipinski definition) is 7. The molecule has 1 aliphatic heterocycles. The molecule has 0 atom stereocenters. The van der Waals surface area contributed by atoms with Crippen LogP contribution in [0.3, 0.4) is 0 Å². The summed E-state index contributed by atoms with van der Waals surface area (Å²) in [5.74, 6) is -0.224. The molecule has 1 aliphatic rings. The Hall–Kier alpha value is -3.61. The highest BCUT2D eigenvalue weighted by atomic mass is 16.5. The summed E-state index contributed by atoms with van der Waals surface area (Å²) >= 11 is 0. The minimum atomic E-state index is -0.591. The summed E-state index contributed by atoms with van der Waals surface area (Å²) in [7, 11) is 1.27. The molecule has 7 heteroatoms. The van der Waals surface area contributed by atoms with Crippen LogP contribution < -0.4 is 15.3 Å². The van der Waals surface area contributed by atoms with Crippen LogP contribution in [-0.4, -0.2) is 38.6 Å². The fraction of sp³-hybridized carbons (Fsp3) is 0.320. The van der Waals surface area contributed by atoms with Crippen molar-refractivity contribution < 1.29 is 23.5 Å². The molecule has 0 radical (unpaired) electrons. The Labute approximate surface area is 185 Å². The van der Waals surface area contributed by atoms with Gasteiger partial charge in [0, 0.05) is 35.8 Å². The monoisotopic (exact) mass is 435 g/mol. The van der Waals surface area contributed by atoms with Crippen molar-refractivity contribution >= 4 is 28.4 Å². The fourth-order valence-electron chi connectivity index (χ4n) is 3.95. The van der Waals surface area contributed by atoms with Crippen molar-refractivity contribution in [1.29, 1.82) is 0 Å². The lowest BCUT2D eigenvalue weighted by Crippen LogP contribution is -2.18. The maximum absolute atomic E-state index is 12.5. The molecule has 0 amide bonds. The highest BCUT2D eigenvalue weighted by molar-refractivity contribution is 5.97. The molecule has 0 spiro atoms. The minimum absolute atomic E-state index is 0.127. The molecule has 0 bridgehead atoms. The number of ketones is 1. The first-order chi connectivity index (χ1) is 15.5. The number of rotatable bonds is 7. The predicted octanol–water partition coefficient (Wildman–Crippen LogP) is 3.68. The highest BCUT2D eigenvalue weighted by Gasteiger charge is 2.16. The zero-order valence-corrected chi connectivity index (χ0v) is 18.2. The van der Waals surface area contributed by atoms with Gasteiger partial charge < -0.3 is 18.8 Å². The van der Waals surface area contributed by atoms with E-state index in [4.69, 9.17) is 9.15 Å². The SMILES string of the molecule is COC(=O)Cc1c(C)c2ccc(OCC(=O)c3ccc(N4CCCC4)cc3)cc2oc1=O. The van der Waals surface area contributed by atoms with E-state index >= 15 is 0 Å². The zero-order valence-electron chi connectivity index (χ0n) is 18.2. The van der Waals surface area contributed by atoms with E-state index in [2.05, 4.69) is 9.64 Å². The number of carbonyl (C=O) groups is 2. The first-order valence-electron chi connectivity index (χ1n) is 10.6. The van der Waals surface area contributed by atoms with Gasteiger partial charge in [-0.15, -0.1) is 0 Å². The smallest absolute Gasteiger partial charge is 0.340 e. The molecule has 2 aromatic carbocycles. The quantitative estimate of drug-likeness (QED) is 0.318. The van der Waals surface area contributed by atoms with Crippen molar-refractivity contribution in [2.75, 3.05) is 31.7 Å². The Bertz CT molecular complexity index is 1210. The molecular weight excluding hydrogens is 410 g/mol. The topological polar surface area (TPSA) is 86.1 Å². The number of carbonyl (C=O) groups excluding carboxylic acids is 2. The van der Waals surface area contributed by atoms with Crippen LogP contribution >= 0.6 is 0 Å². The van der Waals surface area contributed by atoms with E-state index < -0.39 is 11.6 Å². The van der Waals surface area contributed by atoms with Crippen LogP contribution in [0.4, 0.5) is 5.69 Å². The number of ether oxygens (including phenoxy) is 2. The molecule has 4 rings (SSSR count). The van der Waals surface area contributed by atoms with Crippen LogP contribution in [0.25, 0.3) is 11.0 Å². The number of fused-ring (bicyclic) bond motifs is 1. The lowest BCUT2D eigenvalue weighted by Gasteiger charge is -2.17. The first kappa shape index (κ1) is 21.6. The van der Waals surface area contributed by atoms with Crippen LogP contribution in [-0.2, 0) is 16.0 Å². The van der Waals surface area contributed by atoms with Crippen LogP contribution in [0.5, 0.6) is 5.75 Å². The van der Waals surface area contributed by atoms with Gasteiger partial charge in [0.2, 0.25) is 0 Å². The van der Waals surface area contributed by atoms with E-state index in [0.717, 1.165) is 18.8 Å². The standard InChI is InChI=1S/C25H25NO6/c1-16-20-10-9-19(13-23(20)32-25(29)21(16)14-24(28)30-2)31-15-22(27)17-5-7-18(8-6-17)26-11-3-4-12-26/h5-10,13H,3-4,11-12,14-15H2,1-2H3. The Morgan fingerprint density at radius 1 is 1.06 bits per heavy atom. The molecule has 0 unspecified atom stereocenters. The number of anilines is 1. The highest BCUT2D eigenvalue weighted by Crippen LogP contribution is 2.25. The van der Waals surface area contributed by atoms with Gasteiger partial charge in [-0.05, 0) is 61.7 Å². The number of hydrogen-bond donors (Lipinski definition) is 0. The second-order valence-corrected chi connectivity index (χ2v) is 7.86. The Kier molecular flexibility index (Phi) is 6.25. The summed E-state index contributed by atoms with van der Waals surface area (Å²) in [6, 6.07) is 12.6. The van der Waals surface area contributed by atoms with E-state index in [1.807, 2.05) is 24.3 Å². The first-order valence-corrected chi connectivity index (χ1v) is 10.6. The van der Waals surface area contributed by atoms with Gasteiger partial charge in [0.1, 0.15) is 11.3 Å². The molecule has 3 aromatic rings. The third kappa shape index (κ3) is 4.51. The molecule has 2 heterocycles. The lowest BCUT2D eigenvalue weighted by molar-refractivity contribution is -0.139. The summed E-state index contributed by atoms with van der Waals surface area (Å²) in [4.78, 5) is 38.7. The van der Waals surface area contributed by atoms with Crippen molar-refractivity contribution in [2.45, 2.75) is 26.2 Å². The molecule has 166 valence electrons. The van der Waals surface area contributed by atoms with E-state index in [1.165, 1.54) is 20.0 Å². The third-order valence-corrected chi connectivity index (χ3v) is 5.84. The summed E-state index contributed by atoms with van der Waals surface area (Å²) in [6.07, 6.45) is 2.25. The van der Waals surface area contributed by atoms with Gasteiger partial charge in [0.15, 0.2) is 12.4 Å². The Morgan fingerprint density at radius 2 is 1.78 bits per heavy atom. The third-order valence-electron chi connectivity index (χ3n) is 5.84. The van der Waals surface area contributed by atoms with Gasteiger partial charge in [-0.1, -0.05) is 0 Å². The average molecular weight is 435 g/mol. The molecular formula is C25H25NO6. The molecule has 0 saturated carbocycles. The van der Waals surface area contributed by atoms with Gasteiger partial charge in [-0.2, -0.15) is 0 Å². The van der Waals surface area contributed by atoms with Crippen molar-refractivity contribution in [3.05, 3.63) is 69.6 Å². The van der Waals surface area contributed by atoms with Gasteiger partial charge >= 0.3 is 11.6 Å². The number of methoxy groups -OCH3 is 1. The van der Waals surface area contributed by atoms with Crippen LogP contribution in [0.15, 0.2) is 51.7 Å². The summed E-state index contributed by atoms with van der Waals surface area (Å²) < 4.78 is 15.7. The largest absolute Gasteiger partial charge is 0.485 e. The number of nitrogens with zero attached hydrogens (tertiary/aromatic N) is 1. The molecule has 1 fully saturated rings. The molecule has 32 heavy (non-hydrogen) atoms. The zero-order chi connectivity index (χ0) is 22.7. The van der Waals surface area contributed by atoms with Gasteiger partial charge in [0.05, 0.1) is 19.1 Å². The maximum Gasteiger partial charge on any atom is 0.340 e. The fourth-order valence-corrected chi connectivity index (χ4v) is 3.95. The summed E-state index contributed by atoms with van der Waals surface area (Å²) in [5, 5.41) is 0.694. The summed E-state index contributed by atoms with van der Waals surface area (Å²) in [5.41, 5.74) is 2.38. The van der Waals surface area contributed by atoms with Crippen molar-refractivity contribution in [2.24, 2.45) is 0 Å². The Balaban J connectivity index is 1.46. The number of Topliss-reactive ketones (excluding diaryl/α,β-unsaturated/α-hetero) is 1.